The third-order valence-electron chi connectivity index (χ3n) is 17.6. The van der Waals surface area contributed by atoms with Gasteiger partial charge in [-0.05, 0) is 99.1 Å². The van der Waals surface area contributed by atoms with Gasteiger partial charge in [0, 0.05) is 68.4 Å². The van der Waals surface area contributed by atoms with Crippen LogP contribution in [-0.4, -0.2) is 150 Å². The smallest absolute Gasteiger partial charge is 0.282 e. The Hall–Kier alpha value is -5.53. The number of ether oxygens (including phenoxy) is 1. The van der Waals surface area contributed by atoms with Crippen LogP contribution < -0.4 is 30.2 Å². The van der Waals surface area contributed by atoms with Gasteiger partial charge in [-0.25, -0.2) is 40.0 Å². The molecule has 4 saturated carbocycles. The average molecular weight is 1160 g/mol. The van der Waals surface area contributed by atoms with Crippen LogP contribution in [0.3, 0.4) is 0 Å². The van der Waals surface area contributed by atoms with Gasteiger partial charge in [-0.1, -0.05) is 53.4 Å². The van der Waals surface area contributed by atoms with Gasteiger partial charge in [0.2, 0.25) is 11.8 Å². The predicted molar refractivity (Wildman–Crippen MR) is 296 cm³/mol. The fraction of sp³-hybridized carbons (Fsp3) is 0.600. The van der Waals surface area contributed by atoms with E-state index in [1.54, 1.807) is 4.90 Å². The first-order valence-corrected chi connectivity index (χ1v) is 32.8. The zero-order valence-corrected chi connectivity index (χ0v) is 46.9. The molecular weight excluding hydrogens is 1100 g/mol. The number of amides is 2. The summed E-state index contributed by atoms with van der Waals surface area (Å²) in [6, 6.07) is 20.2. The fourth-order valence-electron chi connectivity index (χ4n) is 12.7. The molecule has 7 unspecified atom stereocenters. The van der Waals surface area contributed by atoms with Crippen molar-refractivity contribution in [2.24, 2.45) is 17.8 Å². The van der Waals surface area contributed by atoms with Crippen LogP contribution in [-0.2, 0) is 34.0 Å². The second-order valence-electron chi connectivity index (χ2n) is 23.1. The van der Waals surface area contributed by atoms with Crippen molar-refractivity contribution >= 4 is 75.8 Å². The summed E-state index contributed by atoms with van der Waals surface area (Å²) < 4.78 is 100. The van der Waals surface area contributed by atoms with Crippen molar-refractivity contribution in [1.82, 2.24) is 20.6 Å². The Balaban J connectivity index is 0.874. The maximum atomic E-state index is 15.4. The summed E-state index contributed by atoms with van der Waals surface area (Å²) in [5.74, 6) is -6.08. The number of alkyl halides is 3. The van der Waals surface area contributed by atoms with Gasteiger partial charge in [-0.2, -0.15) is 10.5 Å². The number of sulfone groups is 2. The molecule has 4 aromatic rings. The minimum absolute atomic E-state index is 0.00893. The lowest BCUT2D eigenvalue weighted by Gasteiger charge is -2.44. The van der Waals surface area contributed by atoms with E-state index < -0.39 is 85.7 Å². The SMILES string of the molecule is N#CC1(NC(=O)C2CC(F)CCC2c2nc(N3CCOC(C4CCCC(c5nc(N6CC(F)(F)C6)sc5-c5ccc(N6CCS(=O)(=O)CC6)cc5)C4C(=O)NC4(C#N)CC4)C3)sc2-c2ccc(N3CCS(=O)(=O)CC3)cc2)CC1. The zero-order valence-electron chi connectivity index (χ0n) is 43.6. The topological polar surface area (TPSA) is 222 Å². The summed E-state index contributed by atoms with van der Waals surface area (Å²) in [6.45, 7) is 1.64. The van der Waals surface area contributed by atoms with Crippen LogP contribution in [0.1, 0.15) is 87.4 Å². The lowest BCUT2D eigenvalue weighted by atomic mass is 9.67. The van der Waals surface area contributed by atoms with Gasteiger partial charge in [0.05, 0.1) is 88.0 Å². The van der Waals surface area contributed by atoms with Crippen molar-refractivity contribution in [3.8, 4) is 33.0 Å². The molecule has 8 fully saturated rings. The predicted octanol–water partition coefficient (Wildman–Crippen LogP) is 6.83. The molecule has 7 atom stereocenters. The standard InChI is InChI=1S/C55H63F3N10O7S4/c56-36-8-13-39(42(28-36)49(69)63-53(30-59)14-15-53)45-47(34-4-9-37(10-5-34)65-19-24-78(71,72)25-20-65)76-51(61-45)67-18-23-75-43(29-67)40-2-1-3-41(44(40)50(70)64-54(31-60)16-17-54)46-48(77-52(62-46)68-32-55(57,58)33-68)35-6-11-38(12-7-35)66-21-26-79(73,74)27-22-66/h4-7,9-12,36,39-44H,1-3,8,13-29,32-33H2,(H,63,69)(H,64,70). The molecule has 2 aromatic heterocycles. The molecule has 24 heteroatoms. The largest absolute Gasteiger partial charge is 0.374 e. The van der Waals surface area contributed by atoms with Crippen LogP contribution in [0.5, 0.6) is 0 Å². The third-order valence-corrected chi connectivity index (χ3v) is 23.2. The second-order valence-corrected chi connectivity index (χ2v) is 29.6. The number of carbonyl (C=O) groups is 2. The molecule has 79 heavy (non-hydrogen) atoms. The number of aromatic nitrogens is 2. The highest BCUT2D eigenvalue weighted by Gasteiger charge is 2.53. The molecule has 0 bridgehead atoms. The van der Waals surface area contributed by atoms with Crippen molar-refractivity contribution in [1.29, 1.82) is 10.5 Å². The van der Waals surface area contributed by atoms with Gasteiger partial charge in [-0.3, -0.25) is 9.59 Å². The summed E-state index contributed by atoms with van der Waals surface area (Å²) in [4.78, 5) is 49.2. The van der Waals surface area contributed by atoms with Crippen molar-refractivity contribution in [3.05, 3.63) is 59.9 Å². The number of benzene rings is 2. The van der Waals surface area contributed by atoms with E-state index in [-0.39, 0.29) is 53.6 Å². The molecule has 8 aliphatic rings. The van der Waals surface area contributed by atoms with Gasteiger partial charge in [-0.15, -0.1) is 0 Å². The Morgan fingerprint density at radius 2 is 1.16 bits per heavy atom. The van der Waals surface area contributed by atoms with Crippen molar-refractivity contribution < 1.29 is 44.3 Å². The number of hydrogen-bond acceptors (Lipinski definition) is 17. The van der Waals surface area contributed by atoms with E-state index in [9.17, 15) is 40.9 Å². The Morgan fingerprint density at radius 1 is 0.658 bits per heavy atom. The summed E-state index contributed by atoms with van der Waals surface area (Å²) in [6.07, 6.45) is 2.89. The molecule has 6 heterocycles. The average Bonchev–Trinajstić information content (AvgIpc) is 4.35. The maximum absolute atomic E-state index is 15.4. The number of nitriles is 2. The first-order valence-electron chi connectivity index (χ1n) is 27.5. The lowest BCUT2D eigenvalue weighted by molar-refractivity contribution is -0.133. The van der Waals surface area contributed by atoms with E-state index in [1.807, 2.05) is 58.3 Å². The second kappa shape index (κ2) is 20.8. The fourth-order valence-corrected chi connectivity index (χ4v) is 17.4. The number of thiazole rings is 2. The van der Waals surface area contributed by atoms with Gasteiger partial charge >= 0.3 is 0 Å². The monoisotopic (exact) mass is 1160 g/mol. The van der Waals surface area contributed by atoms with Crippen LogP contribution in [0.15, 0.2) is 48.5 Å². The minimum atomic E-state index is -3.10. The van der Waals surface area contributed by atoms with Crippen molar-refractivity contribution in [3.63, 3.8) is 0 Å². The summed E-state index contributed by atoms with van der Waals surface area (Å²) in [7, 11) is -6.20. The van der Waals surface area contributed by atoms with Crippen molar-refractivity contribution in [2.45, 2.75) is 105 Å². The summed E-state index contributed by atoms with van der Waals surface area (Å²) in [5.41, 5.74) is 2.72. The van der Waals surface area contributed by atoms with E-state index in [4.69, 9.17) is 14.7 Å². The first-order chi connectivity index (χ1) is 37.8. The van der Waals surface area contributed by atoms with Gasteiger partial charge in [0.15, 0.2) is 29.9 Å². The number of carbonyl (C=O) groups excluding carboxylic acids is 2. The van der Waals surface area contributed by atoms with E-state index in [0.29, 0.717) is 119 Å². The molecule has 420 valence electrons. The van der Waals surface area contributed by atoms with E-state index in [2.05, 4.69) is 27.7 Å². The van der Waals surface area contributed by atoms with Crippen molar-refractivity contribution in [2.75, 3.05) is 102 Å². The molecule has 0 spiro atoms. The first kappa shape index (κ1) is 54.1. The highest BCUT2D eigenvalue weighted by molar-refractivity contribution is 7.91. The Bertz CT molecular complexity index is 3290. The summed E-state index contributed by atoms with van der Waals surface area (Å²) in [5, 5.41) is 27.4. The van der Waals surface area contributed by atoms with Gasteiger partial charge < -0.3 is 35.0 Å². The number of hydrogen-bond donors (Lipinski definition) is 2. The lowest BCUT2D eigenvalue weighted by Crippen LogP contribution is -2.56. The van der Waals surface area contributed by atoms with Crippen LogP contribution in [0.2, 0.25) is 0 Å². The molecule has 0 radical (unpaired) electrons. The summed E-state index contributed by atoms with van der Waals surface area (Å²) >= 11 is 2.78. The highest BCUT2D eigenvalue weighted by Crippen LogP contribution is 2.52. The Morgan fingerprint density at radius 3 is 1.67 bits per heavy atom. The quantitative estimate of drug-likeness (QED) is 0.140. The van der Waals surface area contributed by atoms with Gasteiger partial charge in [0.25, 0.3) is 5.92 Å². The van der Waals surface area contributed by atoms with Gasteiger partial charge in [0.1, 0.15) is 17.2 Å². The molecule has 12 rings (SSSR count). The molecular formula is C55H63F3N10O7S4. The number of anilines is 4. The molecule has 2 N–H and O–H groups in total. The Labute approximate surface area is 466 Å². The van der Waals surface area contributed by atoms with Crippen LogP contribution in [0.4, 0.5) is 34.8 Å². The number of morpholine rings is 1. The number of nitrogens with one attached hydrogen (secondary N) is 2. The molecule has 4 aliphatic carbocycles. The number of rotatable bonds is 13. The van der Waals surface area contributed by atoms with Crippen LogP contribution in [0, 0.1) is 40.4 Å². The molecule has 4 aliphatic heterocycles. The third kappa shape index (κ3) is 11.2. The molecule has 2 amide bonds. The number of nitrogens with zero attached hydrogens (tertiary/aromatic N) is 8. The minimum Gasteiger partial charge on any atom is -0.374 e. The Kier molecular flexibility index (Phi) is 14.2. The highest BCUT2D eigenvalue weighted by atomic mass is 32.2. The molecule has 4 saturated heterocycles. The number of halogens is 3. The van der Waals surface area contributed by atoms with E-state index in [1.165, 1.54) is 22.7 Å². The van der Waals surface area contributed by atoms with Crippen LogP contribution in [0.25, 0.3) is 20.9 Å². The van der Waals surface area contributed by atoms with E-state index >= 15 is 9.18 Å². The van der Waals surface area contributed by atoms with Crippen LogP contribution >= 0.6 is 22.7 Å². The molecule has 2 aromatic carbocycles. The zero-order chi connectivity index (χ0) is 55.1. The normalized spacial score (nSPS) is 29.3. The molecule has 17 nitrogen and oxygen atoms in total. The van der Waals surface area contributed by atoms with E-state index in [0.717, 1.165) is 32.3 Å². The maximum Gasteiger partial charge on any atom is 0.282 e.